The number of aromatic nitrogens is 2. The van der Waals surface area contributed by atoms with Gasteiger partial charge in [-0.15, -0.1) is 11.8 Å². The molecule has 2 aromatic rings. The maximum Gasteiger partial charge on any atom is 0.173 e. The van der Waals surface area contributed by atoms with Crippen LogP contribution in [-0.4, -0.2) is 27.9 Å². The van der Waals surface area contributed by atoms with Gasteiger partial charge < -0.3 is 4.74 Å². The molecule has 0 saturated heterocycles. The lowest BCUT2D eigenvalue weighted by atomic mass is 10.1. The molecule has 19 heavy (non-hydrogen) atoms. The monoisotopic (exact) mass is 276 g/mol. The van der Waals surface area contributed by atoms with Crippen molar-refractivity contribution in [2.45, 2.75) is 11.8 Å². The molecule has 0 radical (unpaired) electrons. The predicted molar refractivity (Wildman–Crippen MR) is 75.9 cm³/mol. The third-order valence-electron chi connectivity index (χ3n) is 2.54. The molecule has 0 bridgehead atoms. The topological polar surface area (TPSA) is 44.1 Å². The van der Waals surface area contributed by atoms with Crippen LogP contribution in [0.1, 0.15) is 17.3 Å². The Kier molecular flexibility index (Phi) is 4.63. The van der Waals surface area contributed by atoms with Crippen LogP contribution in [-0.2, 0) is 7.05 Å². The average molecular weight is 276 g/mol. The highest BCUT2D eigenvalue weighted by molar-refractivity contribution is 8.00. The maximum absolute atomic E-state index is 12.0. The quantitative estimate of drug-likeness (QED) is 0.601. The predicted octanol–water partition coefficient (Wildman–Crippen LogP) is 2.79. The van der Waals surface area contributed by atoms with E-state index in [2.05, 4.69) is 5.10 Å². The van der Waals surface area contributed by atoms with Gasteiger partial charge in [-0.1, -0.05) is 0 Å². The molecule has 2 rings (SSSR count). The van der Waals surface area contributed by atoms with E-state index in [1.807, 2.05) is 32.3 Å². The number of Topliss-reactive ketones (excluding diaryl/α,β-unsaturated/α-hetero) is 1. The number of carbonyl (C=O) groups excluding carboxylic acids is 1. The van der Waals surface area contributed by atoms with Crippen LogP contribution in [0.5, 0.6) is 5.75 Å². The molecule has 0 unspecified atom stereocenters. The van der Waals surface area contributed by atoms with Crippen LogP contribution < -0.4 is 4.74 Å². The van der Waals surface area contributed by atoms with Gasteiger partial charge in [0, 0.05) is 23.7 Å². The van der Waals surface area contributed by atoms with Crippen molar-refractivity contribution in [1.82, 2.24) is 9.78 Å². The van der Waals surface area contributed by atoms with Gasteiger partial charge in [0.05, 0.1) is 18.6 Å². The van der Waals surface area contributed by atoms with Gasteiger partial charge in [-0.3, -0.25) is 9.48 Å². The number of ketones is 1. The molecule has 0 N–H and O–H groups in total. The third-order valence-corrected chi connectivity index (χ3v) is 3.49. The van der Waals surface area contributed by atoms with Crippen LogP contribution in [0.25, 0.3) is 0 Å². The highest BCUT2D eigenvalue weighted by Gasteiger charge is 2.07. The molecule has 1 aromatic carbocycles. The first-order valence-corrected chi connectivity index (χ1v) is 7.05. The number of ether oxygens (including phenoxy) is 1. The van der Waals surface area contributed by atoms with Crippen LogP contribution in [0.4, 0.5) is 0 Å². The van der Waals surface area contributed by atoms with E-state index in [1.165, 1.54) is 11.8 Å². The fourth-order valence-corrected chi connectivity index (χ4v) is 2.42. The summed E-state index contributed by atoms with van der Waals surface area (Å²) in [6, 6.07) is 7.26. The zero-order valence-electron chi connectivity index (χ0n) is 11.0. The Hall–Kier alpha value is -1.75. The lowest BCUT2D eigenvalue weighted by Gasteiger charge is -2.04. The van der Waals surface area contributed by atoms with E-state index < -0.39 is 0 Å². The molecule has 0 aliphatic carbocycles. The molecule has 0 atom stereocenters. The molecular weight excluding hydrogens is 260 g/mol. The molecule has 0 amide bonds. The summed E-state index contributed by atoms with van der Waals surface area (Å²) in [7, 11) is 1.86. The number of nitrogens with zero attached hydrogens (tertiary/aromatic N) is 2. The summed E-state index contributed by atoms with van der Waals surface area (Å²) in [6.45, 7) is 2.56. The van der Waals surface area contributed by atoms with E-state index in [1.54, 1.807) is 23.0 Å². The summed E-state index contributed by atoms with van der Waals surface area (Å²) in [5.41, 5.74) is 0.708. The van der Waals surface area contributed by atoms with Crippen molar-refractivity contribution in [3.05, 3.63) is 42.2 Å². The number of thioether (sulfide) groups is 1. The SMILES string of the molecule is CCOc1ccc(C(=O)CSc2cnn(C)c2)cc1. The van der Waals surface area contributed by atoms with E-state index >= 15 is 0 Å². The Bertz CT molecular complexity index is 549. The molecule has 0 fully saturated rings. The first kappa shape index (κ1) is 13.7. The van der Waals surface area contributed by atoms with Crippen molar-refractivity contribution in [2.75, 3.05) is 12.4 Å². The Morgan fingerprint density at radius 3 is 2.68 bits per heavy atom. The van der Waals surface area contributed by atoms with E-state index in [4.69, 9.17) is 4.74 Å². The average Bonchev–Trinajstić information content (AvgIpc) is 2.83. The van der Waals surface area contributed by atoms with Crippen LogP contribution in [0, 0.1) is 0 Å². The molecule has 4 nitrogen and oxygen atoms in total. The zero-order chi connectivity index (χ0) is 13.7. The van der Waals surface area contributed by atoms with Gasteiger partial charge in [-0.2, -0.15) is 5.10 Å². The molecule has 1 aromatic heterocycles. The minimum Gasteiger partial charge on any atom is -0.494 e. The van der Waals surface area contributed by atoms with Crippen molar-refractivity contribution < 1.29 is 9.53 Å². The van der Waals surface area contributed by atoms with Crippen molar-refractivity contribution in [1.29, 1.82) is 0 Å². The smallest absolute Gasteiger partial charge is 0.173 e. The van der Waals surface area contributed by atoms with E-state index in [0.717, 1.165) is 10.6 Å². The fourth-order valence-electron chi connectivity index (χ4n) is 1.61. The molecule has 100 valence electrons. The number of hydrogen-bond acceptors (Lipinski definition) is 4. The normalized spacial score (nSPS) is 10.4. The van der Waals surface area contributed by atoms with Crippen LogP contribution in [0.15, 0.2) is 41.6 Å². The summed E-state index contributed by atoms with van der Waals surface area (Å²) >= 11 is 1.49. The van der Waals surface area contributed by atoms with Crippen LogP contribution >= 0.6 is 11.8 Å². The minimum atomic E-state index is 0.108. The fraction of sp³-hybridized carbons (Fsp3) is 0.286. The lowest BCUT2D eigenvalue weighted by Crippen LogP contribution is -2.02. The Morgan fingerprint density at radius 1 is 1.37 bits per heavy atom. The highest BCUT2D eigenvalue weighted by atomic mass is 32.2. The minimum absolute atomic E-state index is 0.108. The van der Waals surface area contributed by atoms with Gasteiger partial charge in [-0.25, -0.2) is 0 Å². The second-order valence-electron chi connectivity index (χ2n) is 4.02. The van der Waals surface area contributed by atoms with Gasteiger partial charge in [0.25, 0.3) is 0 Å². The third kappa shape index (κ3) is 3.86. The highest BCUT2D eigenvalue weighted by Crippen LogP contribution is 2.19. The summed E-state index contributed by atoms with van der Waals surface area (Å²) < 4.78 is 7.07. The summed E-state index contributed by atoms with van der Waals surface area (Å²) in [4.78, 5) is 13.0. The standard InChI is InChI=1S/C14H16N2O2S/c1-3-18-12-6-4-11(5-7-12)14(17)10-19-13-8-15-16(2)9-13/h4-9H,3,10H2,1-2H3. The van der Waals surface area contributed by atoms with Gasteiger partial charge in [0.15, 0.2) is 5.78 Å². The molecular formula is C14H16N2O2S. The van der Waals surface area contributed by atoms with Crippen molar-refractivity contribution in [3.8, 4) is 5.75 Å². The molecule has 0 aliphatic rings. The number of hydrogen-bond donors (Lipinski definition) is 0. The van der Waals surface area contributed by atoms with Crippen LogP contribution in [0.2, 0.25) is 0 Å². The summed E-state index contributed by atoms with van der Waals surface area (Å²) in [5, 5.41) is 4.07. The second kappa shape index (κ2) is 6.43. The van der Waals surface area contributed by atoms with Gasteiger partial charge in [-0.05, 0) is 31.2 Å². The number of rotatable bonds is 6. The number of benzene rings is 1. The molecule has 0 saturated carbocycles. The molecule has 0 spiro atoms. The van der Waals surface area contributed by atoms with Gasteiger partial charge in [0.2, 0.25) is 0 Å². The Balaban J connectivity index is 1.92. The molecule has 5 heteroatoms. The van der Waals surface area contributed by atoms with Gasteiger partial charge >= 0.3 is 0 Å². The zero-order valence-corrected chi connectivity index (χ0v) is 11.8. The Labute approximate surface area is 116 Å². The van der Waals surface area contributed by atoms with Crippen molar-refractivity contribution in [2.24, 2.45) is 7.05 Å². The van der Waals surface area contributed by atoms with Crippen molar-refractivity contribution in [3.63, 3.8) is 0 Å². The van der Waals surface area contributed by atoms with E-state index in [-0.39, 0.29) is 5.78 Å². The second-order valence-corrected chi connectivity index (χ2v) is 5.07. The summed E-state index contributed by atoms with van der Waals surface area (Å²) in [6.07, 6.45) is 3.66. The lowest BCUT2D eigenvalue weighted by molar-refractivity contribution is 0.102. The van der Waals surface area contributed by atoms with Crippen molar-refractivity contribution >= 4 is 17.5 Å². The van der Waals surface area contributed by atoms with E-state index in [0.29, 0.717) is 17.9 Å². The van der Waals surface area contributed by atoms with Gasteiger partial charge in [0.1, 0.15) is 5.75 Å². The molecule has 0 aliphatic heterocycles. The van der Waals surface area contributed by atoms with E-state index in [9.17, 15) is 4.79 Å². The number of aryl methyl sites for hydroxylation is 1. The molecule has 1 heterocycles. The Morgan fingerprint density at radius 2 is 2.11 bits per heavy atom. The number of carbonyl (C=O) groups is 1. The first-order chi connectivity index (χ1) is 9.19. The largest absolute Gasteiger partial charge is 0.494 e. The maximum atomic E-state index is 12.0. The first-order valence-electron chi connectivity index (χ1n) is 6.06. The summed E-state index contributed by atoms with van der Waals surface area (Å²) in [5.74, 6) is 1.32. The van der Waals surface area contributed by atoms with Crippen LogP contribution in [0.3, 0.4) is 0 Å².